The fourth-order valence-corrected chi connectivity index (χ4v) is 10.7. The summed E-state index contributed by atoms with van der Waals surface area (Å²) in [6.45, 7) is 2.36. The molecule has 0 fully saturated rings. The lowest BCUT2D eigenvalue weighted by Gasteiger charge is -2.34. The lowest BCUT2D eigenvalue weighted by Crippen LogP contribution is -2.27. The van der Waals surface area contributed by atoms with Gasteiger partial charge in [-0.15, -0.1) is 0 Å². The second-order valence-corrected chi connectivity index (χ2v) is 17.9. The van der Waals surface area contributed by atoms with Crippen LogP contribution in [0.15, 0.2) is 249 Å². The SMILES string of the molecule is CC(c1ccccc1)(c1ccccc1)c1ccccc1-c1ccc(N2c3ccc(-c4ccc5cc(N(c6ccc(F)cc6)c6cccc7ccccc67)ccc5c4)cc3C3=CC=CCC32)cc1. The van der Waals surface area contributed by atoms with Gasteiger partial charge in [0.25, 0.3) is 0 Å². The number of benzene rings is 10. The van der Waals surface area contributed by atoms with Gasteiger partial charge >= 0.3 is 0 Å². The summed E-state index contributed by atoms with van der Waals surface area (Å²) >= 11 is 0. The van der Waals surface area contributed by atoms with Crippen molar-refractivity contribution < 1.29 is 4.39 Å². The maximum absolute atomic E-state index is 14.2. The van der Waals surface area contributed by atoms with Crippen molar-refractivity contribution in [3.8, 4) is 22.3 Å². The summed E-state index contributed by atoms with van der Waals surface area (Å²) in [6.07, 6.45) is 7.75. The highest BCUT2D eigenvalue weighted by molar-refractivity contribution is 6.01. The number of rotatable bonds is 9. The average molecular weight is 863 g/mol. The first-order valence-electron chi connectivity index (χ1n) is 23.2. The largest absolute Gasteiger partial charge is 0.333 e. The van der Waals surface area contributed by atoms with E-state index in [1.165, 1.54) is 73.6 Å². The third-order valence-electron chi connectivity index (χ3n) is 14.1. The van der Waals surface area contributed by atoms with E-state index < -0.39 is 0 Å². The molecule has 0 bridgehead atoms. The molecule has 1 heterocycles. The number of fused-ring (bicyclic) bond motifs is 5. The highest BCUT2D eigenvalue weighted by atomic mass is 19.1. The van der Waals surface area contributed by atoms with E-state index in [2.05, 4.69) is 241 Å². The van der Waals surface area contributed by atoms with Crippen LogP contribution in [0.25, 0.3) is 49.4 Å². The van der Waals surface area contributed by atoms with Crippen LogP contribution in [0.4, 0.5) is 32.8 Å². The molecular weight excluding hydrogens is 816 g/mol. The van der Waals surface area contributed by atoms with Crippen LogP contribution in [0.2, 0.25) is 0 Å². The Morgan fingerprint density at radius 3 is 1.93 bits per heavy atom. The van der Waals surface area contributed by atoms with E-state index in [1.54, 1.807) is 0 Å². The van der Waals surface area contributed by atoms with Crippen molar-refractivity contribution in [2.45, 2.75) is 24.8 Å². The molecule has 1 aliphatic carbocycles. The smallest absolute Gasteiger partial charge is 0.123 e. The number of nitrogens with zero attached hydrogens (tertiary/aromatic N) is 2. The molecule has 0 aromatic heterocycles. The van der Waals surface area contributed by atoms with Gasteiger partial charge in [0, 0.05) is 39.1 Å². The number of allylic oxidation sites excluding steroid dienone is 2. The Balaban J connectivity index is 0.877. The minimum Gasteiger partial charge on any atom is -0.333 e. The maximum atomic E-state index is 14.2. The van der Waals surface area contributed by atoms with Crippen molar-refractivity contribution >= 4 is 55.6 Å². The maximum Gasteiger partial charge on any atom is 0.123 e. The van der Waals surface area contributed by atoms with Crippen molar-refractivity contribution in [3.05, 3.63) is 277 Å². The molecule has 1 atom stereocenters. The molecule has 1 aliphatic heterocycles. The van der Waals surface area contributed by atoms with E-state index in [0.717, 1.165) is 45.0 Å². The minimum absolute atomic E-state index is 0.216. The number of hydrogen-bond acceptors (Lipinski definition) is 2. The molecule has 10 aromatic rings. The zero-order valence-electron chi connectivity index (χ0n) is 37.2. The average Bonchev–Trinajstić information content (AvgIpc) is 3.73. The monoisotopic (exact) mass is 862 g/mol. The van der Waals surface area contributed by atoms with E-state index >= 15 is 0 Å². The van der Waals surface area contributed by atoms with Gasteiger partial charge in [0.05, 0.1) is 11.7 Å². The quantitative estimate of drug-likeness (QED) is 0.133. The summed E-state index contributed by atoms with van der Waals surface area (Å²) in [5, 5.41) is 4.58. The number of halogens is 1. The molecule has 0 saturated carbocycles. The first kappa shape index (κ1) is 40.3. The van der Waals surface area contributed by atoms with Gasteiger partial charge in [0.2, 0.25) is 0 Å². The Hall–Kier alpha value is -8.27. The van der Waals surface area contributed by atoms with Crippen LogP contribution in [0, 0.1) is 5.82 Å². The first-order chi connectivity index (χ1) is 33.0. The van der Waals surface area contributed by atoms with Crippen LogP contribution in [0.3, 0.4) is 0 Å². The molecule has 3 heteroatoms. The third kappa shape index (κ3) is 7.03. The van der Waals surface area contributed by atoms with Crippen molar-refractivity contribution in [3.63, 3.8) is 0 Å². The Kier molecular flexibility index (Phi) is 9.99. The predicted octanol–water partition coefficient (Wildman–Crippen LogP) is 17.2. The van der Waals surface area contributed by atoms with Crippen molar-refractivity contribution in [1.29, 1.82) is 0 Å². The highest BCUT2D eigenvalue weighted by Crippen LogP contribution is 2.50. The van der Waals surface area contributed by atoms with Crippen molar-refractivity contribution in [1.82, 2.24) is 0 Å². The van der Waals surface area contributed by atoms with Gasteiger partial charge in [-0.3, -0.25) is 0 Å². The first-order valence-corrected chi connectivity index (χ1v) is 23.2. The molecular formula is C64H47FN2. The molecule has 0 saturated heterocycles. The lowest BCUT2D eigenvalue weighted by atomic mass is 9.69. The fourth-order valence-electron chi connectivity index (χ4n) is 10.7. The van der Waals surface area contributed by atoms with Crippen LogP contribution in [-0.2, 0) is 5.41 Å². The molecule has 320 valence electrons. The second kappa shape index (κ2) is 16.6. The molecule has 67 heavy (non-hydrogen) atoms. The highest BCUT2D eigenvalue weighted by Gasteiger charge is 2.36. The Labute approximate surface area is 391 Å². The third-order valence-corrected chi connectivity index (χ3v) is 14.1. The fraction of sp³-hybridized carbons (Fsp3) is 0.0625. The van der Waals surface area contributed by atoms with Crippen LogP contribution in [0.1, 0.15) is 35.6 Å². The van der Waals surface area contributed by atoms with Gasteiger partial charge in [0.1, 0.15) is 5.82 Å². The van der Waals surface area contributed by atoms with Crippen LogP contribution in [-0.4, -0.2) is 6.04 Å². The predicted molar refractivity (Wildman–Crippen MR) is 280 cm³/mol. The van der Waals surface area contributed by atoms with Crippen LogP contribution >= 0.6 is 0 Å². The van der Waals surface area contributed by atoms with Crippen molar-refractivity contribution in [2.75, 3.05) is 9.80 Å². The molecule has 12 rings (SSSR count). The van der Waals surface area contributed by atoms with E-state index in [0.29, 0.717) is 0 Å². The Bertz CT molecular complexity index is 3470. The lowest BCUT2D eigenvalue weighted by molar-refractivity contribution is 0.628. The topological polar surface area (TPSA) is 6.48 Å². The zero-order valence-corrected chi connectivity index (χ0v) is 37.2. The normalized spacial score (nSPS) is 14.2. The van der Waals surface area contributed by atoms with E-state index in [4.69, 9.17) is 0 Å². The van der Waals surface area contributed by atoms with Gasteiger partial charge in [-0.2, -0.15) is 0 Å². The van der Waals surface area contributed by atoms with Gasteiger partial charge in [0.15, 0.2) is 0 Å². The van der Waals surface area contributed by atoms with Gasteiger partial charge < -0.3 is 9.80 Å². The molecule has 0 amide bonds. The summed E-state index contributed by atoms with van der Waals surface area (Å²) in [7, 11) is 0. The number of hydrogen-bond donors (Lipinski definition) is 0. The Morgan fingerprint density at radius 2 is 1.13 bits per heavy atom. The Morgan fingerprint density at radius 1 is 0.507 bits per heavy atom. The van der Waals surface area contributed by atoms with Crippen LogP contribution in [0.5, 0.6) is 0 Å². The van der Waals surface area contributed by atoms with E-state index in [9.17, 15) is 4.39 Å². The van der Waals surface area contributed by atoms with Gasteiger partial charge in [-0.25, -0.2) is 4.39 Å². The molecule has 1 unspecified atom stereocenters. The van der Waals surface area contributed by atoms with E-state index in [1.807, 2.05) is 12.1 Å². The molecule has 2 nitrogen and oxygen atoms in total. The summed E-state index contributed by atoms with van der Waals surface area (Å²) in [4.78, 5) is 4.76. The number of anilines is 5. The summed E-state index contributed by atoms with van der Waals surface area (Å²) in [6, 6.07) is 82.0. The molecule has 0 radical (unpaired) electrons. The van der Waals surface area contributed by atoms with Crippen molar-refractivity contribution in [2.24, 2.45) is 0 Å². The molecule has 0 N–H and O–H groups in total. The van der Waals surface area contributed by atoms with E-state index in [-0.39, 0.29) is 17.3 Å². The zero-order chi connectivity index (χ0) is 44.9. The molecule has 2 aliphatic rings. The minimum atomic E-state index is -0.351. The standard InChI is InChI=1S/C64H47FN2/c1-64(50-17-4-2-5-18-50,51-19-6-3-7-20-51)60-24-12-10-21-56(60)45-29-35-54(36-30-45)67-62-25-13-11-23-58(62)59-43-49(32-40-63(59)67)46-27-28-48-42-55(37-31-47(48)41-46)66(53-38-33-52(65)34-39-53)61-26-14-16-44-15-8-9-22-57(44)61/h2-24,26-43,62H,25H2,1H3. The summed E-state index contributed by atoms with van der Waals surface area (Å²) < 4.78 is 14.2. The summed E-state index contributed by atoms with van der Waals surface area (Å²) in [5.74, 6) is -0.253. The molecule has 10 aromatic carbocycles. The van der Waals surface area contributed by atoms with Gasteiger partial charge in [-0.1, -0.05) is 176 Å². The van der Waals surface area contributed by atoms with Gasteiger partial charge in [-0.05, 0) is 147 Å². The summed E-state index contributed by atoms with van der Waals surface area (Å²) in [5.41, 5.74) is 16.3. The van der Waals surface area contributed by atoms with Crippen LogP contribution < -0.4 is 9.80 Å². The molecule has 0 spiro atoms. The second-order valence-electron chi connectivity index (χ2n) is 17.9.